The smallest absolute Gasteiger partial charge is 0.0324 e. The molecular formula is C22H35N. The molecule has 0 heterocycles. The summed E-state index contributed by atoms with van der Waals surface area (Å²) < 4.78 is 0. The van der Waals surface area contributed by atoms with Crippen LogP contribution < -0.4 is 5.32 Å². The Bertz CT molecular complexity index is 477. The third-order valence-corrected chi connectivity index (χ3v) is 5.44. The lowest BCUT2D eigenvalue weighted by Gasteiger charge is -2.32. The number of unbranched alkanes of at least 4 members (excludes halogenated alkanes) is 3. The van der Waals surface area contributed by atoms with Gasteiger partial charge in [-0.15, -0.1) is 0 Å². The van der Waals surface area contributed by atoms with Crippen LogP contribution in [0, 0.1) is 0 Å². The summed E-state index contributed by atoms with van der Waals surface area (Å²) in [5, 5.41) is 3.50. The number of hydrogen-bond acceptors (Lipinski definition) is 1. The van der Waals surface area contributed by atoms with Gasteiger partial charge in [0.25, 0.3) is 0 Å². The average molecular weight is 314 g/mol. The van der Waals surface area contributed by atoms with E-state index in [9.17, 15) is 0 Å². The minimum absolute atomic E-state index is 0.571. The summed E-state index contributed by atoms with van der Waals surface area (Å²) in [4.78, 5) is 0. The molecule has 2 unspecified atom stereocenters. The van der Waals surface area contributed by atoms with Crippen molar-refractivity contribution in [3.8, 4) is 0 Å². The van der Waals surface area contributed by atoms with E-state index in [1.807, 2.05) is 6.20 Å². The van der Waals surface area contributed by atoms with Crippen molar-refractivity contribution < 1.29 is 0 Å². The first-order valence-electron chi connectivity index (χ1n) is 9.78. The lowest BCUT2D eigenvalue weighted by Crippen LogP contribution is -2.33. The van der Waals surface area contributed by atoms with Crippen LogP contribution in [0.1, 0.15) is 87.8 Å². The van der Waals surface area contributed by atoms with Crippen molar-refractivity contribution in [1.29, 1.82) is 0 Å². The topological polar surface area (TPSA) is 12.0 Å². The molecule has 1 heteroatoms. The molecule has 1 nitrogen and oxygen atoms in total. The maximum Gasteiger partial charge on any atom is 0.0324 e. The summed E-state index contributed by atoms with van der Waals surface area (Å²) in [7, 11) is 0. The Kier molecular flexibility index (Phi) is 7.71. The van der Waals surface area contributed by atoms with Crippen molar-refractivity contribution in [2.24, 2.45) is 0 Å². The highest BCUT2D eigenvalue weighted by Gasteiger charge is 2.25. The minimum atomic E-state index is 0.571. The van der Waals surface area contributed by atoms with E-state index in [2.05, 4.69) is 43.9 Å². The average Bonchev–Trinajstić information content (AvgIpc) is 2.59. The van der Waals surface area contributed by atoms with E-state index in [0.717, 1.165) is 6.42 Å². The minimum Gasteiger partial charge on any atom is -0.388 e. The molecule has 0 spiro atoms. The van der Waals surface area contributed by atoms with Gasteiger partial charge in [-0.25, -0.2) is 0 Å². The number of benzene rings is 1. The Morgan fingerprint density at radius 1 is 1.09 bits per heavy atom. The van der Waals surface area contributed by atoms with Crippen molar-refractivity contribution in [3.05, 3.63) is 47.7 Å². The maximum atomic E-state index is 3.87. The molecular weight excluding hydrogens is 278 g/mol. The highest BCUT2D eigenvalue weighted by molar-refractivity contribution is 5.35. The molecule has 128 valence electrons. The van der Waals surface area contributed by atoms with Gasteiger partial charge in [-0.1, -0.05) is 70.7 Å². The molecule has 0 radical (unpaired) electrons. The van der Waals surface area contributed by atoms with Gasteiger partial charge in [-0.3, -0.25) is 0 Å². The number of rotatable bonds is 9. The van der Waals surface area contributed by atoms with Gasteiger partial charge in [0.15, 0.2) is 0 Å². The maximum absolute atomic E-state index is 3.87. The van der Waals surface area contributed by atoms with Crippen molar-refractivity contribution in [2.75, 3.05) is 0 Å². The number of hydrogen-bond donors (Lipinski definition) is 1. The summed E-state index contributed by atoms with van der Waals surface area (Å²) in [6.45, 7) is 8.45. The van der Waals surface area contributed by atoms with Gasteiger partial charge in [0, 0.05) is 12.0 Å². The molecule has 0 saturated heterocycles. The SMILES string of the molecule is C=CNC1CCCCC1c1ccc(CC)c(CCCCCC)c1. The van der Waals surface area contributed by atoms with Gasteiger partial charge < -0.3 is 5.32 Å². The lowest BCUT2D eigenvalue weighted by molar-refractivity contribution is 0.353. The number of aryl methyl sites for hydroxylation is 2. The van der Waals surface area contributed by atoms with Gasteiger partial charge in [0.05, 0.1) is 0 Å². The highest BCUT2D eigenvalue weighted by Crippen LogP contribution is 2.34. The molecule has 23 heavy (non-hydrogen) atoms. The van der Waals surface area contributed by atoms with Gasteiger partial charge >= 0.3 is 0 Å². The van der Waals surface area contributed by atoms with E-state index < -0.39 is 0 Å². The van der Waals surface area contributed by atoms with Crippen molar-refractivity contribution in [2.45, 2.75) is 90.0 Å². The predicted octanol–water partition coefficient (Wildman–Crippen LogP) is 6.13. The van der Waals surface area contributed by atoms with Crippen molar-refractivity contribution in [3.63, 3.8) is 0 Å². The Labute approximate surface area is 143 Å². The second-order valence-electron chi connectivity index (χ2n) is 7.06. The summed E-state index contributed by atoms with van der Waals surface area (Å²) in [5.74, 6) is 0.655. The molecule has 1 aliphatic rings. The van der Waals surface area contributed by atoms with Gasteiger partial charge in [0.2, 0.25) is 0 Å². The van der Waals surface area contributed by atoms with E-state index in [1.54, 1.807) is 16.7 Å². The molecule has 1 fully saturated rings. The predicted molar refractivity (Wildman–Crippen MR) is 102 cm³/mol. The van der Waals surface area contributed by atoms with Crippen molar-refractivity contribution >= 4 is 0 Å². The summed E-state index contributed by atoms with van der Waals surface area (Å²) >= 11 is 0. The molecule has 0 aromatic heterocycles. The number of nitrogens with one attached hydrogen (secondary N) is 1. The second-order valence-corrected chi connectivity index (χ2v) is 7.06. The standard InChI is InChI=1S/C22H35N/c1-4-7-8-9-12-19-17-20(16-15-18(19)5-2)21-13-10-11-14-22(21)23-6-3/h6,15-17,21-23H,3-5,7-14H2,1-2H3. The van der Waals surface area contributed by atoms with Crippen LogP contribution in [0.4, 0.5) is 0 Å². The first kappa shape index (κ1) is 18.1. The van der Waals surface area contributed by atoms with Crippen LogP contribution >= 0.6 is 0 Å². The normalized spacial score (nSPS) is 21.1. The van der Waals surface area contributed by atoms with Crippen LogP contribution in [0.5, 0.6) is 0 Å². The third-order valence-electron chi connectivity index (χ3n) is 5.44. The Morgan fingerprint density at radius 3 is 2.65 bits per heavy atom. The zero-order chi connectivity index (χ0) is 16.5. The third kappa shape index (κ3) is 5.12. The van der Waals surface area contributed by atoms with E-state index in [1.165, 1.54) is 57.8 Å². The fourth-order valence-electron chi connectivity index (χ4n) is 4.08. The fourth-order valence-corrected chi connectivity index (χ4v) is 4.08. The largest absolute Gasteiger partial charge is 0.388 e. The fraction of sp³-hybridized carbons (Fsp3) is 0.636. The van der Waals surface area contributed by atoms with E-state index in [-0.39, 0.29) is 0 Å². The quantitative estimate of drug-likeness (QED) is 0.541. The van der Waals surface area contributed by atoms with E-state index >= 15 is 0 Å². The van der Waals surface area contributed by atoms with Crippen LogP contribution in [0.25, 0.3) is 0 Å². The summed E-state index contributed by atoms with van der Waals surface area (Å²) in [6, 6.07) is 7.88. The molecule has 0 aliphatic heterocycles. The first-order chi connectivity index (χ1) is 11.3. The van der Waals surface area contributed by atoms with Gasteiger partial charge in [-0.2, -0.15) is 0 Å². The molecule has 1 N–H and O–H groups in total. The molecule has 0 bridgehead atoms. The van der Waals surface area contributed by atoms with E-state index in [4.69, 9.17) is 0 Å². The first-order valence-corrected chi connectivity index (χ1v) is 9.78. The molecule has 1 aliphatic carbocycles. The molecule has 0 amide bonds. The van der Waals surface area contributed by atoms with Gasteiger partial charge in [-0.05, 0) is 55.0 Å². The van der Waals surface area contributed by atoms with Crippen LogP contribution in [0.15, 0.2) is 31.0 Å². The summed E-state index contributed by atoms with van der Waals surface area (Å²) in [5.41, 5.74) is 4.70. The Balaban J connectivity index is 2.12. The molecule has 2 rings (SSSR count). The zero-order valence-corrected chi connectivity index (χ0v) is 15.2. The molecule has 1 aromatic carbocycles. The van der Waals surface area contributed by atoms with Crippen LogP contribution in [0.2, 0.25) is 0 Å². The van der Waals surface area contributed by atoms with Gasteiger partial charge in [0.1, 0.15) is 0 Å². The molecule has 1 saturated carbocycles. The van der Waals surface area contributed by atoms with Crippen molar-refractivity contribution in [1.82, 2.24) is 5.32 Å². The highest BCUT2D eigenvalue weighted by atomic mass is 14.9. The lowest BCUT2D eigenvalue weighted by atomic mass is 9.79. The van der Waals surface area contributed by atoms with Crippen LogP contribution in [-0.4, -0.2) is 6.04 Å². The molecule has 1 aromatic rings. The monoisotopic (exact) mass is 313 g/mol. The Hall–Kier alpha value is -1.24. The van der Waals surface area contributed by atoms with E-state index in [0.29, 0.717) is 12.0 Å². The Morgan fingerprint density at radius 2 is 1.91 bits per heavy atom. The zero-order valence-electron chi connectivity index (χ0n) is 15.2. The van der Waals surface area contributed by atoms with Crippen LogP contribution in [0.3, 0.4) is 0 Å². The van der Waals surface area contributed by atoms with Crippen LogP contribution in [-0.2, 0) is 12.8 Å². The second kappa shape index (κ2) is 9.80. The summed E-state index contributed by atoms with van der Waals surface area (Å²) in [6.07, 6.45) is 15.0. The molecule has 2 atom stereocenters.